The van der Waals surface area contributed by atoms with Crippen molar-refractivity contribution in [1.82, 2.24) is 5.32 Å². The Balaban J connectivity index is 2.45. The number of nitro benzene ring substituents is 1. The third kappa shape index (κ3) is 5.48. The molecule has 0 bridgehead atoms. The van der Waals surface area contributed by atoms with Gasteiger partial charge in [-0.2, -0.15) is 0 Å². The molecule has 1 aromatic rings. The van der Waals surface area contributed by atoms with Gasteiger partial charge in [-0.3, -0.25) is 14.9 Å². The lowest BCUT2D eigenvalue weighted by molar-refractivity contribution is -0.384. The molecule has 0 heterocycles. The van der Waals surface area contributed by atoms with Gasteiger partial charge in [0.25, 0.3) is 5.69 Å². The fourth-order valence-corrected chi connectivity index (χ4v) is 1.72. The van der Waals surface area contributed by atoms with Crippen LogP contribution in [0.5, 0.6) is 0 Å². The van der Waals surface area contributed by atoms with Gasteiger partial charge < -0.3 is 10.4 Å². The number of rotatable bonds is 7. The van der Waals surface area contributed by atoms with Crippen molar-refractivity contribution in [2.24, 2.45) is 0 Å². The van der Waals surface area contributed by atoms with Gasteiger partial charge in [-0.25, -0.2) is 0 Å². The van der Waals surface area contributed by atoms with Gasteiger partial charge in [0.05, 0.1) is 11.3 Å². The molecule has 0 fully saturated rings. The number of benzene rings is 1. The van der Waals surface area contributed by atoms with Crippen molar-refractivity contribution in [2.75, 3.05) is 6.61 Å². The van der Waals surface area contributed by atoms with Crippen LogP contribution in [0.3, 0.4) is 0 Å². The average molecular weight is 266 g/mol. The SMILES string of the molecule is CC(CCCO)NC(=O)Cc1ccc([N+](=O)[O-])cc1. The van der Waals surface area contributed by atoms with E-state index in [1.54, 1.807) is 12.1 Å². The Morgan fingerprint density at radius 1 is 1.42 bits per heavy atom. The van der Waals surface area contributed by atoms with Crippen LogP contribution in [-0.2, 0) is 11.2 Å². The zero-order chi connectivity index (χ0) is 14.3. The van der Waals surface area contributed by atoms with Crippen LogP contribution in [-0.4, -0.2) is 28.6 Å². The van der Waals surface area contributed by atoms with E-state index in [9.17, 15) is 14.9 Å². The zero-order valence-corrected chi connectivity index (χ0v) is 10.8. The molecule has 1 aromatic carbocycles. The van der Waals surface area contributed by atoms with E-state index in [2.05, 4.69) is 5.32 Å². The first-order chi connectivity index (χ1) is 9.02. The molecule has 0 spiro atoms. The van der Waals surface area contributed by atoms with E-state index in [4.69, 9.17) is 5.11 Å². The zero-order valence-electron chi connectivity index (χ0n) is 10.8. The van der Waals surface area contributed by atoms with Crippen molar-refractivity contribution in [1.29, 1.82) is 0 Å². The van der Waals surface area contributed by atoms with E-state index in [-0.39, 0.29) is 30.7 Å². The number of carbonyl (C=O) groups is 1. The van der Waals surface area contributed by atoms with Crippen LogP contribution >= 0.6 is 0 Å². The monoisotopic (exact) mass is 266 g/mol. The second kappa shape index (κ2) is 7.48. The minimum absolute atomic E-state index is 0.0118. The number of carbonyl (C=O) groups excluding carboxylic acids is 1. The molecule has 1 atom stereocenters. The van der Waals surface area contributed by atoms with Gasteiger partial charge >= 0.3 is 0 Å². The summed E-state index contributed by atoms with van der Waals surface area (Å²) >= 11 is 0. The number of hydrogen-bond donors (Lipinski definition) is 2. The van der Waals surface area contributed by atoms with Crippen molar-refractivity contribution in [3.63, 3.8) is 0 Å². The van der Waals surface area contributed by atoms with Gasteiger partial charge in [0, 0.05) is 24.8 Å². The number of non-ortho nitro benzene ring substituents is 1. The van der Waals surface area contributed by atoms with Gasteiger partial charge in [-0.15, -0.1) is 0 Å². The molecule has 0 saturated carbocycles. The number of nitrogens with one attached hydrogen (secondary N) is 1. The summed E-state index contributed by atoms with van der Waals surface area (Å²) in [5, 5.41) is 22.0. The van der Waals surface area contributed by atoms with Gasteiger partial charge in [0.2, 0.25) is 5.91 Å². The summed E-state index contributed by atoms with van der Waals surface area (Å²) in [6.07, 6.45) is 1.57. The number of nitrogens with zero attached hydrogens (tertiary/aromatic N) is 1. The minimum Gasteiger partial charge on any atom is -0.396 e. The number of nitro groups is 1. The topological polar surface area (TPSA) is 92.5 Å². The van der Waals surface area contributed by atoms with E-state index in [1.807, 2.05) is 6.92 Å². The Morgan fingerprint density at radius 2 is 2.05 bits per heavy atom. The summed E-state index contributed by atoms with van der Waals surface area (Å²) in [4.78, 5) is 21.7. The van der Waals surface area contributed by atoms with Crippen molar-refractivity contribution >= 4 is 11.6 Å². The molecule has 0 saturated heterocycles. The van der Waals surface area contributed by atoms with Gasteiger partial charge in [-0.1, -0.05) is 12.1 Å². The van der Waals surface area contributed by atoms with Crippen molar-refractivity contribution in [3.8, 4) is 0 Å². The summed E-state index contributed by atoms with van der Waals surface area (Å²) in [6.45, 7) is 1.99. The second-order valence-electron chi connectivity index (χ2n) is 4.43. The summed E-state index contributed by atoms with van der Waals surface area (Å²) in [7, 11) is 0. The minimum atomic E-state index is -0.471. The number of aliphatic hydroxyl groups excluding tert-OH is 1. The first-order valence-corrected chi connectivity index (χ1v) is 6.16. The molecule has 1 unspecified atom stereocenters. The Labute approximate surface area is 111 Å². The normalized spacial score (nSPS) is 11.9. The molecule has 0 aliphatic carbocycles. The third-order valence-corrected chi connectivity index (χ3v) is 2.71. The molecular formula is C13H18N2O4. The molecule has 0 radical (unpaired) electrons. The maximum absolute atomic E-state index is 11.7. The molecule has 2 N–H and O–H groups in total. The molecule has 6 heteroatoms. The highest BCUT2D eigenvalue weighted by atomic mass is 16.6. The predicted octanol–water partition coefficient (Wildman–Crippen LogP) is 1.41. The van der Waals surface area contributed by atoms with E-state index in [0.29, 0.717) is 6.42 Å². The molecule has 1 amide bonds. The van der Waals surface area contributed by atoms with E-state index in [0.717, 1.165) is 12.0 Å². The first-order valence-electron chi connectivity index (χ1n) is 6.16. The van der Waals surface area contributed by atoms with Crippen LogP contribution in [0, 0.1) is 10.1 Å². The quantitative estimate of drug-likeness (QED) is 0.576. The molecule has 1 rings (SSSR count). The van der Waals surface area contributed by atoms with Crippen LogP contribution in [0.25, 0.3) is 0 Å². The maximum Gasteiger partial charge on any atom is 0.269 e. The summed E-state index contributed by atoms with van der Waals surface area (Å²) in [5.74, 6) is -0.126. The van der Waals surface area contributed by atoms with E-state index >= 15 is 0 Å². The second-order valence-corrected chi connectivity index (χ2v) is 4.43. The van der Waals surface area contributed by atoms with Crippen molar-refractivity contribution in [3.05, 3.63) is 39.9 Å². The molecule has 0 aliphatic heterocycles. The Hall–Kier alpha value is -1.95. The number of aliphatic hydroxyl groups is 1. The molecule has 0 aromatic heterocycles. The Kier molecular flexibility index (Phi) is 5.95. The maximum atomic E-state index is 11.7. The van der Waals surface area contributed by atoms with Crippen molar-refractivity contribution in [2.45, 2.75) is 32.2 Å². The largest absolute Gasteiger partial charge is 0.396 e. The third-order valence-electron chi connectivity index (χ3n) is 2.71. The highest BCUT2D eigenvalue weighted by molar-refractivity contribution is 5.78. The fraction of sp³-hybridized carbons (Fsp3) is 0.462. The van der Waals surface area contributed by atoms with Crippen LogP contribution in [0.15, 0.2) is 24.3 Å². The molecule has 0 aliphatic rings. The lowest BCUT2D eigenvalue weighted by atomic mass is 10.1. The summed E-state index contributed by atoms with van der Waals surface area (Å²) in [5.41, 5.74) is 0.748. The molecule has 104 valence electrons. The molecule has 19 heavy (non-hydrogen) atoms. The van der Waals surface area contributed by atoms with Crippen LogP contribution in [0.1, 0.15) is 25.3 Å². The van der Waals surface area contributed by atoms with Crippen LogP contribution in [0.2, 0.25) is 0 Å². The van der Waals surface area contributed by atoms with Crippen LogP contribution < -0.4 is 5.32 Å². The molecular weight excluding hydrogens is 248 g/mol. The highest BCUT2D eigenvalue weighted by Gasteiger charge is 2.09. The average Bonchev–Trinajstić information content (AvgIpc) is 2.36. The summed E-state index contributed by atoms with van der Waals surface area (Å²) < 4.78 is 0. The highest BCUT2D eigenvalue weighted by Crippen LogP contribution is 2.12. The van der Waals surface area contributed by atoms with E-state index in [1.165, 1.54) is 12.1 Å². The van der Waals surface area contributed by atoms with Gasteiger partial charge in [-0.05, 0) is 25.3 Å². The fourth-order valence-electron chi connectivity index (χ4n) is 1.72. The summed E-state index contributed by atoms with van der Waals surface area (Å²) in [6, 6.07) is 5.94. The van der Waals surface area contributed by atoms with Gasteiger partial charge in [0.15, 0.2) is 0 Å². The molecule has 6 nitrogen and oxygen atoms in total. The van der Waals surface area contributed by atoms with Crippen molar-refractivity contribution < 1.29 is 14.8 Å². The smallest absolute Gasteiger partial charge is 0.269 e. The Morgan fingerprint density at radius 3 is 2.58 bits per heavy atom. The first kappa shape index (κ1) is 15.1. The van der Waals surface area contributed by atoms with Gasteiger partial charge in [0.1, 0.15) is 0 Å². The van der Waals surface area contributed by atoms with Crippen LogP contribution in [0.4, 0.5) is 5.69 Å². The lowest BCUT2D eigenvalue weighted by Crippen LogP contribution is -2.33. The number of hydrogen-bond acceptors (Lipinski definition) is 4. The Bertz CT molecular complexity index is 431. The standard InChI is InChI=1S/C13H18N2O4/c1-10(3-2-8-16)14-13(17)9-11-4-6-12(7-5-11)15(18)19/h4-7,10,16H,2-3,8-9H2,1H3,(H,14,17). The lowest BCUT2D eigenvalue weighted by Gasteiger charge is -2.13. The van der Waals surface area contributed by atoms with E-state index < -0.39 is 4.92 Å². The number of amides is 1. The predicted molar refractivity (Wildman–Crippen MR) is 70.7 cm³/mol.